The largest absolute Gasteiger partial charge is 0.443 e. The standard InChI is InChI=1S/C27H32Cl2N6O4S/c1-27(2,3)39-26(36)35(13-12-33(4)5)25-9-8-24(30-31-25)34-11-10-18-14-21(6-7-23(18)34)32-40(37,38)22-16-19(28)15-20(29)17-22/h6-9,14-17,32H,10-13H2,1-5H3. The van der Waals surface area contributed by atoms with Gasteiger partial charge in [-0.15, -0.1) is 10.2 Å². The molecule has 3 aromatic rings. The first-order valence-corrected chi connectivity index (χ1v) is 14.8. The highest BCUT2D eigenvalue weighted by atomic mass is 35.5. The monoisotopic (exact) mass is 606 g/mol. The minimum absolute atomic E-state index is 0.0199. The summed E-state index contributed by atoms with van der Waals surface area (Å²) >= 11 is 12.0. The number of hydrogen-bond donors (Lipinski definition) is 1. The molecule has 1 aromatic heterocycles. The number of likely N-dealkylation sites (N-methyl/N-ethyl adjacent to an activating group) is 1. The Bertz CT molecular complexity index is 1470. The van der Waals surface area contributed by atoms with Crippen LogP contribution < -0.4 is 14.5 Å². The van der Waals surface area contributed by atoms with Crippen molar-refractivity contribution >= 4 is 62.3 Å². The summed E-state index contributed by atoms with van der Waals surface area (Å²) < 4.78 is 34.0. The number of ether oxygens (including phenoxy) is 1. The van der Waals surface area contributed by atoms with Gasteiger partial charge in [-0.3, -0.25) is 9.62 Å². The van der Waals surface area contributed by atoms with Crippen molar-refractivity contribution in [3.05, 3.63) is 64.1 Å². The van der Waals surface area contributed by atoms with Gasteiger partial charge in [0, 0.05) is 41.1 Å². The van der Waals surface area contributed by atoms with Gasteiger partial charge in [0.2, 0.25) is 0 Å². The van der Waals surface area contributed by atoms with Crippen LogP contribution in [0.25, 0.3) is 0 Å². The van der Waals surface area contributed by atoms with Crippen LogP contribution in [0.2, 0.25) is 10.0 Å². The molecule has 0 atom stereocenters. The Kier molecular flexibility index (Phi) is 8.79. The highest BCUT2D eigenvalue weighted by Gasteiger charge is 2.27. The SMILES string of the molecule is CN(C)CCN(C(=O)OC(C)(C)C)c1ccc(N2CCc3cc(NS(=O)(=O)c4cc(Cl)cc(Cl)c4)ccc32)nn1. The van der Waals surface area contributed by atoms with Gasteiger partial charge >= 0.3 is 6.09 Å². The normalized spacial score (nSPS) is 13.3. The Hall–Kier alpha value is -3.12. The lowest BCUT2D eigenvalue weighted by Crippen LogP contribution is -2.41. The van der Waals surface area contributed by atoms with Gasteiger partial charge < -0.3 is 14.5 Å². The molecule has 2 aromatic carbocycles. The fraction of sp³-hybridized carbons (Fsp3) is 0.370. The van der Waals surface area contributed by atoms with E-state index in [0.717, 1.165) is 11.3 Å². The Morgan fingerprint density at radius 2 is 1.73 bits per heavy atom. The van der Waals surface area contributed by atoms with Gasteiger partial charge in [-0.1, -0.05) is 23.2 Å². The van der Waals surface area contributed by atoms with Gasteiger partial charge in [-0.25, -0.2) is 13.2 Å². The van der Waals surface area contributed by atoms with Crippen LogP contribution in [0.5, 0.6) is 0 Å². The number of sulfonamides is 1. The van der Waals surface area contributed by atoms with Crippen LogP contribution in [0, 0.1) is 0 Å². The summed E-state index contributed by atoms with van der Waals surface area (Å²) in [6, 6.07) is 13.0. The van der Waals surface area contributed by atoms with Crippen molar-refractivity contribution < 1.29 is 17.9 Å². The molecular weight excluding hydrogens is 575 g/mol. The zero-order chi connectivity index (χ0) is 29.2. The number of nitrogens with one attached hydrogen (secondary N) is 1. The third-order valence-corrected chi connectivity index (χ3v) is 7.74. The smallest absolute Gasteiger partial charge is 0.416 e. The van der Waals surface area contributed by atoms with E-state index in [-0.39, 0.29) is 14.9 Å². The summed E-state index contributed by atoms with van der Waals surface area (Å²) in [5, 5.41) is 9.21. The second-order valence-corrected chi connectivity index (χ2v) is 13.2. The number of amides is 1. The number of carbonyl (C=O) groups excluding carboxylic acids is 1. The minimum atomic E-state index is -3.88. The van der Waals surface area contributed by atoms with Gasteiger partial charge in [0.15, 0.2) is 11.6 Å². The van der Waals surface area contributed by atoms with Crippen LogP contribution in [0.4, 0.5) is 27.8 Å². The summed E-state index contributed by atoms with van der Waals surface area (Å²) in [5.74, 6) is 1.01. The zero-order valence-electron chi connectivity index (χ0n) is 23.0. The summed E-state index contributed by atoms with van der Waals surface area (Å²) in [6.45, 7) is 7.11. The molecule has 1 aliphatic heterocycles. The van der Waals surface area contributed by atoms with E-state index < -0.39 is 21.7 Å². The number of halogens is 2. The van der Waals surface area contributed by atoms with E-state index in [1.54, 1.807) is 18.2 Å². The maximum Gasteiger partial charge on any atom is 0.416 e. The van der Waals surface area contributed by atoms with Crippen LogP contribution in [-0.2, 0) is 21.2 Å². The molecule has 0 aliphatic carbocycles. The summed E-state index contributed by atoms with van der Waals surface area (Å²) in [5.41, 5.74) is 1.63. The summed E-state index contributed by atoms with van der Waals surface area (Å²) in [6.07, 6.45) is 0.197. The molecule has 0 saturated heterocycles. The van der Waals surface area contributed by atoms with Crippen molar-refractivity contribution in [3.63, 3.8) is 0 Å². The molecule has 0 fully saturated rings. The van der Waals surface area contributed by atoms with E-state index in [2.05, 4.69) is 14.9 Å². The quantitative estimate of drug-likeness (QED) is 0.354. The third-order valence-electron chi connectivity index (χ3n) is 5.95. The molecule has 1 amide bonds. The van der Waals surface area contributed by atoms with E-state index in [1.807, 2.05) is 56.8 Å². The molecule has 1 N–H and O–H groups in total. The average molecular weight is 608 g/mol. The van der Waals surface area contributed by atoms with E-state index in [9.17, 15) is 13.2 Å². The van der Waals surface area contributed by atoms with Crippen molar-refractivity contribution in [1.29, 1.82) is 0 Å². The molecule has 0 bridgehead atoms. The number of carbonyl (C=O) groups is 1. The van der Waals surface area contributed by atoms with Crippen LogP contribution in [0.15, 0.2) is 53.4 Å². The molecule has 0 spiro atoms. The van der Waals surface area contributed by atoms with Crippen LogP contribution in [0.1, 0.15) is 26.3 Å². The Labute approximate surface area is 244 Å². The molecule has 13 heteroatoms. The lowest BCUT2D eigenvalue weighted by Gasteiger charge is -2.27. The van der Waals surface area contributed by atoms with E-state index in [4.69, 9.17) is 27.9 Å². The molecule has 4 rings (SSSR count). The van der Waals surface area contributed by atoms with E-state index >= 15 is 0 Å². The van der Waals surface area contributed by atoms with Crippen LogP contribution in [0.3, 0.4) is 0 Å². The molecule has 0 unspecified atom stereocenters. The fourth-order valence-electron chi connectivity index (χ4n) is 4.12. The number of rotatable bonds is 8. The van der Waals surface area contributed by atoms with Gasteiger partial charge in [0.25, 0.3) is 10.0 Å². The van der Waals surface area contributed by atoms with Crippen molar-refractivity contribution in [2.75, 3.05) is 48.3 Å². The zero-order valence-corrected chi connectivity index (χ0v) is 25.3. The highest BCUT2D eigenvalue weighted by Crippen LogP contribution is 2.36. The first-order chi connectivity index (χ1) is 18.7. The van der Waals surface area contributed by atoms with Crippen molar-refractivity contribution in [3.8, 4) is 0 Å². The fourth-order valence-corrected chi connectivity index (χ4v) is 5.90. The number of fused-ring (bicyclic) bond motifs is 1. The number of benzene rings is 2. The Balaban J connectivity index is 1.52. The second kappa shape index (κ2) is 11.8. The second-order valence-electron chi connectivity index (χ2n) is 10.6. The lowest BCUT2D eigenvalue weighted by molar-refractivity contribution is 0.0577. The molecule has 0 saturated carbocycles. The predicted octanol–water partition coefficient (Wildman–Crippen LogP) is 5.58. The van der Waals surface area contributed by atoms with E-state index in [0.29, 0.717) is 43.4 Å². The Morgan fingerprint density at radius 3 is 2.33 bits per heavy atom. The van der Waals surface area contributed by atoms with Crippen LogP contribution in [-0.4, -0.2) is 68.9 Å². The van der Waals surface area contributed by atoms with Crippen molar-refractivity contribution in [2.24, 2.45) is 0 Å². The predicted molar refractivity (Wildman–Crippen MR) is 159 cm³/mol. The van der Waals surface area contributed by atoms with Crippen molar-refractivity contribution in [1.82, 2.24) is 15.1 Å². The molecular formula is C27H32Cl2N6O4S. The highest BCUT2D eigenvalue weighted by molar-refractivity contribution is 7.92. The van der Waals surface area contributed by atoms with Gasteiger partial charge in [0.05, 0.1) is 4.90 Å². The van der Waals surface area contributed by atoms with Gasteiger partial charge in [-0.2, -0.15) is 0 Å². The summed E-state index contributed by atoms with van der Waals surface area (Å²) in [7, 11) is -0.0302. The van der Waals surface area contributed by atoms with Gasteiger partial charge in [0.1, 0.15) is 5.60 Å². The molecule has 10 nitrogen and oxygen atoms in total. The van der Waals surface area contributed by atoms with Crippen molar-refractivity contribution in [2.45, 2.75) is 37.7 Å². The number of aromatic nitrogens is 2. The molecule has 2 heterocycles. The molecule has 214 valence electrons. The minimum Gasteiger partial charge on any atom is -0.443 e. The first kappa shape index (κ1) is 29.9. The number of nitrogens with zero attached hydrogens (tertiary/aromatic N) is 5. The third kappa shape index (κ3) is 7.34. The van der Waals surface area contributed by atoms with E-state index in [1.165, 1.54) is 23.1 Å². The number of anilines is 4. The van der Waals surface area contributed by atoms with Crippen LogP contribution >= 0.6 is 23.2 Å². The average Bonchev–Trinajstić information content (AvgIpc) is 3.25. The topological polar surface area (TPSA) is 108 Å². The molecule has 0 radical (unpaired) electrons. The maximum absolute atomic E-state index is 12.9. The Morgan fingerprint density at radius 1 is 1.02 bits per heavy atom. The lowest BCUT2D eigenvalue weighted by atomic mass is 10.1. The van der Waals surface area contributed by atoms with Gasteiger partial charge in [-0.05, 0) is 95.4 Å². The molecule has 40 heavy (non-hydrogen) atoms. The number of hydrogen-bond acceptors (Lipinski definition) is 8. The first-order valence-electron chi connectivity index (χ1n) is 12.6. The maximum atomic E-state index is 12.9. The summed E-state index contributed by atoms with van der Waals surface area (Å²) in [4.78, 5) is 18.3. The molecule has 1 aliphatic rings.